The molecule has 4 N–H and O–H groups in total. The zero-order chi connectivity index (χ0) is 28.8. The number of aliphatic hydroxyl groups is 2. The van der Waals surface area contributed by atoms with E-state index < -0.39 is 12.2 Å². The molecule has 1 rings (SSSR count). The second-order valence-corrected chi connectivity index (χ2v) is 11.1. The van der Waals surface area contributed by atoms with Gasteiger partial charge in [-0.3, -0.25) is 9.59 Å². The summed E-state index contributed by atoms with van der Waals surface area (Å²) in [6.45, 7) is 15.6. The van der Waals surface area contributed by atoms with Crippen LogP contribution in [0.15, 0.2) is 78.9 Å². The summed E-state index contributed by atoms with van der Waals surface area (Å²) in [6.07, 6.45) is 10.9. The molecule has 0 aliphatic heterocycles. The van der Waals surface area contributed by atoms with Crippen LogP contribution in [0, 0.1) is 35.5 Å². The van der Waals surface area contributed by atoms with Gasteiger partial charge in [0.2, 0.25) is 5.91 Å². The molecule has 210 valence electrons. The van der Waals surface area contributed by atoms with Crippen molar-refractivity contribution in [2.24, 2.45) is 41.2 Å². The normalized spacial score (nSPS) is 18.9. The van der Waals surface area contributed by atoms with Gasteiger partial charge in [0.25, 0.3) is 0 Å². The molecule has 0 spiro atoms. The highest BCUT2D eigenvalue weighted by Crippen LogP contribution is 2.33. The Balaban J connectivity index is 2.75. The quantitative estimate of drug-likeness (QED) is 0.136. The summed E-state index contributed by atoms with van der Waals surface area (Å²) in [6, 6.07) is 9.60. The van der Waals surface area contributed by atoms with E-state index in [0.29, 0.717) is 12.8 Å². The van der Waals surface area contributed by atoms with E-state index in [-0.39, 0.29) is 53.6 Å². The number of rotatable bonds is 17. The van der Waals surface area contributed by atoms with Crippen LogP contribution in [0.25, 0.3) is 0 Å². The standard InChI is InChI=1S/C33H49NO4/c1-8-9-13-23(3)30(21-31(34)36)27(7)33(38)26(6)19-22(2)18-25(5)32(37)24(4)16-17-29(35)20-28-14-11-10-12-15-28/h8-18,23-27,30,32-33,37-38H,1,19-21H2,2-7H3,(H2,34,36)/b13-9-,17-16-,22-18-. The number of aliphatic hydroxyl groups excluding tert-OH is 2. The fourth-order valence-electron chi connectivity index (χ4n) is 5.20. The highest BCUT2D eigenvalue weighted by molar-refractivity contribution is 5.91. The fourth-order valence-corrected chi connectivity index (χ4v) is 5.20. The lowest BCUT2D eigenvalue weighted by Crippen LogP contribution is -2.36. The van der Waals surface area contributed by atoms with Crippen molar-refractivity contribution in [2.75, 3.05) is 0 Å². The van der Waals surface area contributed by atoms with Gasteiger partial charge in [-0.05, 0) is 48.7 Å². The summed E-state index contributed by atoms with van der Waals surface area (Å²) < 4.78 is 0. The Hall–Kier alpha value is -2.76. The summed E-state index contributed by atoms with van der Waals surface area (Å²) in [4.78, 5) is 24.0. The number of allylic oxidation sites excluding steroid dienone is 5. The van der Waals surface area contributed by atoms with E-state index in [1.54, 1.807) is 18.2 Å². The van der Waals surface area contributed by atoms with Crippen molar-refractivity contribution in [1.29, 1.82) is 0 Å². The predicted octanol–water partition coefficient (Wildman–Crippen LogP) is 5.83. The summed E-state index contributed by atoms with van der Waals surface area (Å²) in [5, 5.41) is 22.0. The first-order valence-electron chi connectivity index (χ1n) is 13.7. The number of amides is 1. The molecule has 1 aromatic rings. The van der Waals surface area contributed by atoms with Crippen molar-refractivity contribution in [3.8, 4) is 0 Å². The number of carbonyl (C=O) groups excluding carboxylic acids is 2. The summed E-state index contributed by atoms with van der Waals surface area (Å²) in [7, 11) is 0. The van der Waals surface area contributed by atoms with Crippen LogP contribution < -0.4 is 5.73 Å². The maximum Gasteiger partial charge on any atom is 0.217 e. The maximum atomic E-state index is 12.3. The second kappa shape index (κ2) is 17.0. The van der Waals surface area contributed by atoms with Gasteiger partial charge in [-0.1, -0.05) is 107 Å². The molecule has 0 aromatic heterocycles. The molecule has 0 saturated carbocycles. The summed E-state index contributed by atoms with van der Waals surface area (Å²) >= 11 is 0. The number of hydrogen-bond donors (Lipinski definition) is 3. The maximum absolute atomic E-state index is 12.3. The molecule has 0 saturated heterocycles. The van der Waals surface area contributed by atoms with E-state index in [4.69, 9.17) is 5.73 Å². The fraction of sp³-hybridized carbons (Fsp3) is 0.515. The number of carbonyl (C=O) groups is 2. The zero-order valence-corrected chi connectivity index (χ0v) is 24.1. The number of nitrogens with two attached hydrogens (primary N) is 1. The average Bonchev–Trinajstić information content (AvgIpc) is 2.87. The minimum absolute atomic E-state index is 0.00972. The van der Waals surface area contributed by atoms with Crippen LogP contribution in [0.1, 0.15) is 59.9 Å². The van der Waals surface area contributed by atoms with Gasteiger partial charge in [-0.25, -0.2) is 0 Å². The molecule has 0 bridgehead atoms. The number of benzene rings is 1. The van der Waals surface area contributed by atoms with Crippen molar-refractivity contribution in [3.63, 3.8) is 0 Å². The van der Waals surface area contributed by atoms with E-state index in [1.165, 1.54) is 0 Å². The molecule has 0 aliphatic rings. The SMILES string of the molecule is C=C/C=C\C(C)C(CC(N)=O)C(C)C(O)C(C)C/C(C)=C\C(C)C(O)C(C)/C=C\C(=O)Cc1ccccc1. The molecule has 0 fully saturated rings. The van der Waals surface area contributed by atoms with Crippen LogP contribution in [0.4, 0.5) is 0 Å². The van der Waals surface area contributed by atoms with Gasteiger partial charge in [0.15, 0.2) is 5.78 Å². The molecule has 0 aliphatic carbocycles. The van der Waals surface area contributed by atoms with Crippen LogP contribution in [0.5, 0.6) is 0 Å². The molecular formula is C33H49NO4. The van der Waals surface area contributed by atoms with Crippen LogP contribution in [0.2, 0.25) is 0 Å². The molecule has 0 heterocycles. The third-order valence-electron chi connectivity index (χ3n) is 7.54. The van der Waals surface area contributed by atoms with Gasteiger partial charge in [0.1, 0.15) is 0 Å². The Kier molecular flexibility index (Phi) is 14.8. The summed E-state index contributed by atoms with van der Waals surface area (Å²) in [5.41, 5.74) is 7.56. The van der Waals surface area contributed by atoms with Crippen LogP contribution in [0.3, 0.4) is 0 Å². The Morgan fingerprint density at radius 3 is 2.13 bits per heavy atom. The lowest BCUT2D eigenvalue weighted by molar-refractivity contribution is -0.120. The average molecular weight is 524 g/mol. The van der Waals surface area contributed by atoms with Crippen LogP contribution >= 0.6 is 0 Å². The second-order valence-electron chi connectivity index (χ2n) is 11.1. The predicted molar refractivity (Wildman–Crippen MR) is 157 cm³/mol. The van der Waals surface area contributed by atoms with E-state index in [9.17, 15) is 19.8 Å². The largest absolute Gasteiger partial charge is 0.393 e. The molecule has 8 atom stereocenters. The Morgan fingerprint density at radius 1 is 0.921 bits per heavy atom. The topological polar surface area (TPSA) is 101 Å². The van der Waals surface area contributed by atoms with Crippen LogP contribution in [-0.2, 0) is 16.0 Å². The minimum Gasteiger partial charge on any atom is -0.393 e. The number of hydrogen-bond acceptors (Lipinski definition) is 4. The van der Waals surface area contributed by atoms with Crippen molar-refractivity contribution >= 4 is 11.7 Å². The molecule has 5 nitrogen and oxygen atoms in total. The third-order valence-corrected chi connectivity index (χ3v) is 7.54. The molecular weight excluding hydrogens is 474 g/mol. The lowest BCUT2D eigenvalue weighted by atomic mass is 9.74. The molecule has 5 heteroatoms. The van der Waals surface area contributed by atoms with Crippen molar-refractivity contribution in [2.45, 2.75) is 73.0 Å². The monoisotopic (exact) mass is 523 g/mol. The zero-order valence-electron chi connectivity index (χ0n) is 24.1. The van der Waals surface area contributed by atoms with Gasteiger partial charge in [-0.2, -0.15) is 0 Å². The highest BCUT2D eigenvalue weighted by atomic mass is 16.3. The molecule has 38 heavy (non-hydrogen) atoms. The summed E-state index contributed by atoms with van der Waals surface area (Å²) in [5.74, 6) is -0.841. The molecule has 0 radical (unpaired) electrons. The van der Waals surface area contributed by atoms with Crippen molar-refractivity contribution in [1.82, 2.24) is 0 Å². The van der Waals surface area contributed by atoms with E-state index >= 15 is 0 Å². The first-order valence-corrected chi connectivity index (χ1v) is 13.7. The Bertz CT molecular complexity index is 964. The van der Waals surface area contributed by atoms with E-state index in [2.05, 4.69) is 6.58 Å². The first-order chi connectivity index (χ1) is 17.9. The third kappa shape index (κ3) is 11.7. The highest BCUT2D eigenvalue weighted by Gasteiger charge is 2.32. The van der Waals surface area contributed by atoms with Gasteiger partial charge in [0.05, 0.1) is 12.2 Å². The molecule has 8 unspecified atom stereocenters. The van der Waals surface area contributed by atoms with Crippen molar-refractivity contribution < 1.29 is 19.8 Å². The Morgan fingerprint density at radius 2 is 1.55 bits per heavy atom. The smallest absolute Gasteiger partial charge is 0.217 e. The van der Waals surface area contributed by atoms with E-state index in [1.807, 2.05) is 90.1 Å². The van der Waals surface area contributed by atoms with Gasteiger partial charge in [0, 0.05) is 24.7 Å². The first kappa shape index (κ1) is 33.3. The molecule has 1 aromatic carbocycles. The number of primary amides is 1. The van der Waals surface area contributed by atoms with Gasteiger partial charge >= 0.3 is 0 Å². The lowest BCUT2D eigenvalue weighted by Gasteiger charge is -2.34. The van der Waals surface area contributed by atoms with Crippen LogP contribution in [-0.4, -0.2) is 34.1 Å². The van der Waals surface area contributed by atoms with E-state index in [0.717, 1.165) is 11.1 Å². The minimum atomic E-state index is -0.637. The molecule has 1 amide bonds. The van der Waals surface area contributed by atoms with Crippen molar-refractivity contribution in [3.05, 3.63) is 84.5 Å². The van der Waals surface area contributed by atoms with Gasteiger partial charge in [-0.15, -0.1) is 0 Å². The Labute approximate surface area is 230 Å². The number of ketones is 1. The van der Waals surface area contributed by atoms with Gasteiger partial charge < -0.3 is 15.9 Å².